The number of para-hydroxylation sites is 1. The minimum atomic E-state index is 0.0450. The predicted molar refractivity (Wildman–Crippen MR) is 90.6 cm³/mol. The summed E-state index contributed by atoms with van der Waals surface area (Å²) in [6, 6.07) is 18.0. The van der Waals surface area contributed by atoms with Gasteiger partial charge in [0.05, 0.1) is 11.4 Å². The summed E-state index contributed by atoms with van der Waals surface area (Å²) in [7, 11) is 0. The standard InChI is InChI=1S/C19H20N2O/c1-3-7-17-18(15-12-10-14(2)11-13-15)20-21(19(17)22)16-8-5-4-6-9-16/h4-6,8-13,20H,3,7H2,1-2H3. The molecule has 0 spiro atoms. The van der Waals surface area contributed by atoms with E-state index in [1.54, 1.807) is 4.68 Å². The maximum Gasteiger partial charge on any atom is 0.275 e. The third kappa shape index (κ3) is 2.62. The van der Waals surface area contributed by atoms with Crippen molar-refractivity contribution in [2.24, 2.45) is 0 Å². The Morgan fingerprint density at radius 3 is 2.32 bits per heavy atom. The molecule has 1 heterocycles. The van der Waals surface area contributed by atoms with Crippen LogP contribution in [0.3, 0.4) is 0 Å². The van der Waals surface area contributed by atoms with Gasteiger partial charge in [0.1, 0.15) is 0 Å². The molecule has 1 aromatic heterocycles. The van der Waals surface area contributed by atoms with E-state index in [1.165, 1.54) is 5.56 Å². The summed E-state index contributed by atoms with van der Waals surface area (Å²) in [5.74, 6) is 0. The minimum absolute atomic E-state index is 0.0450. The Labute approximate surface area is 130 Å². The minimum Gasteiger partial charge on any atom is -0.290 e. The Morgan fingerprint density at radius 1 is 1.00 bits per heavy atom. The number of nitrogens with zero attached hydrogens (tertiary/aromatic N) is 1. The van der Waals surface area contributed by atoms with Gasteiger partial charge in [0.25, 0.3) is 5.56 Å². The zero-order chi connectivity index (χ0) is 15.5. The van der Waals surface area contributed by atoms with Crippen LogP contribution in [0.2, 0.25) is 0 Å². The molecule has 0 saturated carbocycles. The molecule has 1 N–H and O–H groups in total. The van der Waals surface area contributed by atoms with E-state index >= 15 is 0 Å². The van der Waals surface area contributed by atoms with Crippen LogP contribution in [0.1, 0.15) is 24.5 Å². The van der Waals surface area contributed by atoms with Crippen LogP contribution >= 0.6 is 0 Å². The van der Waals surface area contributed by atoms with Crippen molar-refractivity contribution in [3.63, 3.8) is 0 Å². The molecular formula is C19H20N2O. The van der Waals surface area contributed by atoms with Crippen molar-refractivity contribution in [3.05, 3.63) is 76.1 Å². The average molecular weight is 292 g/mol. The smallest absolute Gasteiger partial charge is 0.275 e. The van der Waals surface area contributed by atoms with Gasteiger partial charge in [0.15, 0.2) is 0 Å². The highest BCUT2D eigenvalue weighted by Crippen LogP contribution is 2.22. The van der Waals surface area contributed by atoms with Crippen LogP contribution in [0, 0.1) is 6.92 Å². The molecular weight excluding hydrogens is 272 g/mol. The number of aromatic amines is 1. The topological polar surface area (TPSA) is 37.8 Å². The largest absolute Gasteiger partial charge is 0.290 e. The summed E-state index contributed by atoms with van der Waals surface area (Å²) in [5.41, 5.74) is 4.96. The lowest BCUT2D eigenvalue weighted by atomic mass is 10.0. The molecule has 0 saturated heterocycles. The molecule has 3 nitrogen and oxygen atoms in total. The lowest BCUT2D eigenvalue weighted by Gasteiger charge is -2.03. The Morgan fingerprint density at radius 2 is 1.68 bits per heavy atom. The molecule has 0 radical (unpaired) electrons. The SMILES string of the molecule is CCCc1c(-c2ccc(C)cc2)[nH]n(-c2ccccc2)c1=O. The van der Waals surface area contributed by atoms with Crippen LogP contribution in [0.4, 0.5) is 0 Å². The van der Waals surface area contributed by atoms with Crippen molar-refractivity contribution in [2.45, 2.75) is 26.7 Å². The summed E-state index contributed by atoms with van der Waals surface area (Å²) in [5, 5.41) is 3.29. The van der Waals surface area contributed by atoms with E-state index in [9.17, 15) is 4.79 Å². The van der Waals surface area contributed by atoms with Gasteiger partial charge in [-0.05, 0) is 31.0 Å². The summed E-state index contributed by atoms with van der Waals surface area (Å²) < 4.78 is 1.64. The van der Waals surface area contributed by atoms with Gasteiger partial charge in [-0.2, -0.15) is 0 Å². The molecule has 0 aliphatic heterocycles. The van der Waals surface area contributed by atoms with Crippen molar-refractivity contribution in [1.82, 2.24) is 9.78 Å². The van der Waals surface area contributed by atoms with Gasteiger partial charge in [-0.1, -0.05) is 61.4 Å². The lowest BCUT2D eigenvalue weighted by Crippen LogP contribution is -2.17. The van der Waals surface area contributed by atoms with E-state index in [0.717, 1.165) is 35.3 Å². The van der Waals surface area contributed by atoms with Crippen molar-refractivity contribution >= 4 is 0 Å². The molecule has 0 atom stereocenters. The molecule has 0 amide bonds. The maximum atomic E-state index is 12.8. The molecule has 112 valence electrons. The number of rotatable bonds is 4. The first-order chi connectivity index (χ1) is 10.7. The number of nitrogens with one attached hydrogen (secondary N) is 1. The number of hydrogen-bond acceptors (Lipinski definition) is 1. The second-order valence-electron chi connectivity index (χ2n) is 5.56. The van der Waals surface area contributed by atoms with Crippen LogP contribution in [-0.2, 0) is 6.42 Å². The summed E-state index contributed by atoms with van der Waals surface area (Å²) >= 11 is 0. The molecule has 2 aromatic carbocycles. The van der Waals surface area contributed by atoms with Crippen LogP contribution in [-0.4, -0.2) is 9.78 Å². The molecule has 0 aliphatic carbocycles. The van der Waals surface area contributed by atoms with Crippen molar-refractivity contribution in [1.29, 1.82) is 0 Å². The fourth-order valence-corrected chi connectivity index (χ4v) is 2.67. The molecule has 0 unspecified atom stereocenters. The van der Waals surface area contributed by atoms with E-state index in [-0.39, 0.29) is 5.56 Å². The first-order valence-corrected chi connectivity index (χ1v) is 7.67. The van der Waals surface area contributed by atoms with Gasteiger partial charge >= 0.3 is 0 Å². The second kappa shape index (κ2) is 6.06. The third-order valence-electron chi connectivity index (χ3n) is 3.84. The highest BCUT2D eigenvalue weighted by atomic mass is 16.1. The van der Waals surface area contributed by atoms with Gasteiger partial charge in [0.2, 0.25) is 0 Å². The van der Waals surface area contributed by atoms with Gasteiger partial charge < -0.3 is 0 Å². The van der Waals surface area contributed by atoms with E-state index in [2.05, 4.69) is 43.2 Å². The van der Waals surface area contributed by atoms with Crippen LogP contribution in [0.15, 0.2) is 59.4 Å². The number of hydrogen-bond donors (Lipinski definition) is 1. The molecule has 0 fully saturated rings. The van der Waals surface area contributed by atoms with E-state index in [0.29, 0.717) is 0 Å². The number of benzene rings is 2. The van der Waals surface area contributed by atoms with Crippen molar-refractivity contribution < 1.29 is 0 Å². The highest BCUT2D eigenvalue weighted by Gasteiger charge is 2.15. The number of H-pyrrole nitrogens is 1. The Balaban J connectivity index is 2.17. The fourth-order valence-electron chi connectivity index (χ4n) is 2.67. The molecule has 0 bridgehead atoms. The van der Waals surface area contributed by atoms with Crippen molar-refractivity contribution in [3.8, 4) is 16.9 Å². The predicted octanol–water partition coefficient (Wildman–Crippen LogP) is 4.09. The highest BCUT2D eigenvalue weighted by molar-refractivity contribution is 5.63. The Kier molecular flexibility index (Phi) is 3.96. The van der Waals surface area contributed by atoms with Crippen LogP contribution < -0.4 is 5.56 Å². The number of aromatic nitrogens is 2. The third-order valence-corrected chi connectivity index (χ3v) is 3.84. The second-order valence-corrected chi connectivity index (χ2v) is 5.56. The lowest BCUT2D eigenvalue weighted by molar-refractivity contribution is 0.842. The Bertz CT molecular complexity index is 811. The quantitative estimate of drug-likeness (QED) is 0.772. The van der Waals surface area contributed by atoms with Crippen LogP contribution in [0.25, 0.3) is 16.9 Å². The number of aryl methyl sites for hydroxylation is 1. The zero-order valence-electron chi connectivity index (χ0n) is 13.0. The molecule has 3 aromatic rings. The normalized spacial score (nSPS) is 10.8. The summed E-state index contributed by atoms with van der Waals surface area (Å²) in [4.78, 5) is 12.8. The maximum absolute atomic E-state index is 12.8. The fraction of sp³-hybridized carbons (Fsp3) is 0.211. The molecule has 3 rings (SSSR count). The summed E-state index contributed by atoms with van der Waals surface area (Å²) in [6.07, 6.45) is 1.72. The average Bonchev–Trinajstić information content (AvgIpc) is 2.87. The monoisotopic (exact) mass is 292 g/mol. The first-order valence-electron chi connectivity index (χ1n) is 7.67. The summed E-state index contributed by atoms with van der Waals surface area (Å²) in [6.45, 7) is 4.16. The molecule has 3 heteroatoms. The molecule has 22 heavy (non-hydrogen) atoms. The van der Waals surface area contributed by atoms with E-state index in [4.69, 9.17) is 0 Å². The van der Waals surface area contributed by atoms with Gasteiger partial charge in [-0.25, -0.2) is 4.68 Å². The zero-order valence-corrected chi connectivity index (χ0v) is 13.0. The Hall–Kier alpha value is -2.55. The van der Waals surface area contributed by atoms with Gasteiger partial charge in [-0.3, -0.25) is 9.89 Å². The van der Waals surface area contributed by atoms with Crippen LogP contribution in [0.5, 0.6) is 0 Å². The first kappa shape index (κ1) is 14.4. The van der Waals surface area contributed by atoms with Gasteiger partial charge in [0, 0.05) is 5.56 Å². The van der Waals surface area contributed by atoms with Gasteiger partial charge in [-0.15, -0.1) is 0 Å². The van der Waals surface area contributed by atoms with Crippen molar-refractivity contribution in [2.75, 3.05) is 0 Å². The molecule has 0 aliphatic rings. The van der Waals surface area contributed by atoms with E-state index in [1.807, 2.05) is 30.3 Å². The van der Waals surface area contributed by atoms with E-state index < -0.39 is 0 Å².